The van der Waals surface area contributed by atoms with E-state index in [2.05, 4.69) is 29.2 Å². The molecule has 0 spiro atoms. The molecule has 2 fully saturated rings. The van der Waals surface area contributed by atoms with Crippen molar-refractivity contribution in [1.82, 2.24) is 9.80 Å². The lowest BCUT2D eigenvalue weighted by Crippen LogP contribution is -2.50. The first-order chi connectivity index (χ1) is 15.7. The van der Waals surface area contributed by atoms with Crippen LogP contribution in [0.5, 0.6) is 0 Å². The van der Waals surface area contributed by atoms with Crippen LogP contribution in [0.25, 0.3) is 0 Å². The summed E-state index contributed by atoms with van der Waals surface area (Å²) in [7, 11) is 0. The zero-order chi connectivity index (χ0) is 23.6. The monoisotopic (exact) mass is 450 g/mol. The molecule has 1 amide bonds. The summed E-state index contributed by atoms with van der Waals surface area (Å²) < 4.78 is 5.82. The number of carbonyl (C=O) groups is 2. The average Bonchev–Trinajstić information content (AvgIpc) is 3.55. The van der Waals surface area contributed by atoms with E-state index >= 15 is 0 Å². The van der Waals surface area contributed by atoms with Crippen LogP contribution in [0.4, 0.5) is 4.79 Å². The summed E-state index contributed by atoms with van der Waals surface area (Å²) in [5.74, 6) is -0.525. The highest BCUT2D eigenvalue weighted by atomic mass is 16.6. The van der Waals surface area contributed by atoms with Crippen LogP contribution in [0.3, 0.4) is 0 Å². The van der Waals surface area contributed by atoms with Gasteiger partial charge in [-0.25, -0.2) is 9.59 Å². The Balaban J connectivity index is 1.40. The van der Waals surface area contributed by atoms with E-state index in [4.69, 9.17) is 9.84 Å². The van der Waals surface area contributed by atoms with Gasteiger partial charge >= 0.3 is 12.1 Å². The number of carboxylic acids is 1. The molecule has 1 aliphatic carbocycles. The van der Waals surface area contributed by atoms with Crippen molar-refractivity contribution in [2.45, 2.75) is 70.2 Å². The number of hydrogen-bond acceptors (Lipinski definition) is 4. The second kappa shape index (κ2) is 9.56. The summed E-state index contributed by atoms with van der Waals surface area (Å²) in [4.78, 5) is 28.7. The molecule has 0 unspecified atom stereocenters. The molecule has 1 aliphatic heterocycles. The highest BCUT2D eigenvalue weighted by Gasteiger charge is 2.48. The second-order valence-corrected chi connectivity index (χ2v) is 10.2. The van der Waals surface area contributed by atoms with E-state index in [0.29, 0.717) is 11.5 Å². The largest absolute Gasteiger partial charge is 0.478 e. The summed E-state index contributed by atoms with van der Waals surface area (Å²) in [6.07, 6.45) is 2.60. The lowest BCUT2D eigenvalue weighted by molar-refractivity contribution is 0.00486. The predicted molar refractivity (Wildman–Crippen MR) is 127 cm³/mol. The van der Waals surface area contributed by atoms with Crippen LogP contribution >= 0.6 is 0 Å². The van der Waals surface area contributed by atoms with Crippen LogP contribution in [0, 0.1) is 0 Å². The molecule has 176 valence electrons. The van der Waals surface area contributed by atoms with Crippen LogP contribution < -0.4 is 0 Å². The molecule has 6 nitrogen and oxygen atoms in total. The molecule has 1 saturated heterocycles. The maximum absolute atomic E-state index is 13.2. The Morgan fingerprint density at radius 3 is 2.24 bits per heavy atom. The molecule has 4 rings (SSSR count). The van der Waals surface area contributed by atoms with E-state index in [1.165, 1.54) is 5.56 Å². The first-order valence-electron chi connectivity index (χ1n) is 11.8. The smallest absolute Gasteiger partial charge is 0.410 e. The molecule has 2 aromatic carbocycles. The molecule has 0 bridgehead atoms. The van der Waals surface area contributed by atoms with Gasteiger partial charge in [0.1, 0.15) is 5.60 Å². The summed E-state index contributed by atoms with van der Waals surface area (Å²) in [5, 5.41) is 9.08. The Bertz CT molecular complexity index is 960. The Morgan fingerprint density at radius 1 is 1.03 bits per heavy atom. The highest BCUT2D eigenvalue weighted by molar-refractivity contribution is 5.87. The van der Waals surface area contributed by atoms with Gasteiger partial charge in [-0.2, -0.15) is 0 Å². The molecular weight excluding hydrogens is 416 g/mol. The quantitative estimate of drug-likeness (QED) is 0.660. The molecule has 2 atom stereocenters. The average molecular weight is 451 g/mol. The second-order valence-electron chi connectivity index (χ2n) is 10.2. The maximum atomic E-state index is 13.2. The van der Waals surface area contributed by atoms with Gasteiger partial charge in [-0.05, 0) is 63.3 Å². The molecule has 1 heterocycles. The minimum atomic E-state index is -0.904. The van der Waals surface area contributed by atoms with E-state index in [0.717, 1.165) is 44.5 Å². The van der Waals surface area contributed by atoms with Gasteiger partial charge < -0.3 is 14.7 Å². The van der Waals surface area contributed by atoms with Crippen molar-refractivity contribution in [1.29, 1.82) is 0 Å². The fourth-order valence-electron chi connectivity index (χ4n) is 4.78. The maximum Gasteiger partial charge on any atom is 0.410 e. The van der Waals surface area contributed by atoms with E-state index in [9.17, 15) is 9.59 Å². The van der Waals surface area contributed by atoms with Crippen molar-refractivity contribution in [2.24, 2.45) is 0 Å². The van der Waals surface area contributed by atoms with Crippen molar-refractivity contribution in [3.63, 3.8) is 0 Å². The summed E-state index contributed by atoms with van der Waals surface area (Å²) in [6, 6.07) is 17.9. The number of carboxylic acid groups (broad SMARTS) is 1. The molecule has 6 heteroatoms. The third kappa shape index (κ3) is 5.93. The number of likely N-dealkylation sites (tertiary alicyclic amines) is 1. The van der Waals surface area contributed by atoms with Crippen molar-refractivity contribution in [2.75, 3.05) is 13.1 Å². The van der Waals surface area contributed by atoms with Gasteiger partial charge in [-0.15, -0.1) is 0 Å². The van der Waals surface area contributed by atoms with Gasteiger partial charge in [0.2, 0.25) is 0 Å². The number of aromatic carboxylic acids is 1. The van der Waals surface area contributed by atoms with Crippen molar-refractivity contribution >= 4 is 12.1 Å². The number of amides is 1. The Hall–Kier alpha value is -2.86. The van der Waals surface area contributed by atoms with Gasteiger partial charge in [0.25, 0.3) is 0 Å². The zero-order valence-corrected chi connectivity index (χ0v) is 19.7. The summed E-state index contributed by atoms with van der Waals surface area (Å²) in [6.45, 7) is 8.34. The molecule has 33 heavy (non-hydrogen) atoms. The minimum absolute atomic E-state index is 0.171. The van der Waals surface area contributed by atoms with E-state index in [1.54, 1.807) is 12.1 Å². The first-order valence-corrected chi connectivity index (χ1v) is 11.8. The van der Waals surface area contributed by atoms with Gasteiger partial charge in [0.05, 0.1) is 5.56 Å². The summed E-state index contributed by atoms with van der Waals surface area (Å²) in [5.41, 5.74) is 2.19. The number of rotatable bonds is 6. The fraction of sp³-hybridized carbons (Fsp3) is 0.481. The van der Waals surface area contributed by atoms with Gasteiger partial charge in [0, 0.05) is 37.6 Å². The molecule has 0 aromatic heterocycles. The number of hydrogen-bond donors (Lipinski definition) is 1. The number of benzene rings is 2. The predicted octanol–water partition coefficient (Wildman–Crippen LogP) is 5.14. The standard InChI is InChI=1S/C27H34N2O4/c1-27(2,3)33-26(32)29(24-17-23(24)20-7-5-4-6-8-20)22-13-15-28(16-14-22)18-19-9-11-21(12-10-19)25(30)31/h4-12,22-24H,13-18H2,1-3H3,(H,30,31)/t23-,24+/m0/s1. The fourth-order valence-corrected chi connectivity index (χ4v) is 4.78. The third-order valence-electron chi connectivity index (χ3n) is 6.50. The molecule has 2 aliphatic rings. The molecule has 1 N–H and O–H groups in total. The van der Waals surface area contributed by atoms with Crippen LogP contribution in [-0.2, 0) is 11.3 Å². The number of piperidine rings is 1. The molecule has 0 radical (unpaired) electrons. The van der Waals surface area contributed by atoms with Crippen molar-refractivity contribution < 1.29 is 19.4 Å². The van der Waals surface area contributed by atoms with Gasteiger partial charge in [0.15, 0.2) is 0 Å². The van der Waals surface area contributed by atoms with Crippen LogP contribution in [0.2, 0.25) is 0 Å². The molecule has 2 aromatic rings. The lowest BCUT2D eigenvalue weighted by Gasteiger charge is -2.39. The van der Waals surface area contributed by atoms with Crippen LogP contribution in [0.15, 0.2) is 54.6 Å². The first kappa shape index (κ1) is 23.3. The van der Waals surface area contributed by atoms with Crippen molar-refractivity contribution in [3.05, 3.63) is 71.3 Å². The normalized spacial score (nSPS) is 21.4. The molecule has 1 saturated carbocycles. The highest BCUT2D eigenvalue weighted by Crippen LogP contribution is 2.46. The molecular formula is C27H34N2O4. The Morgan fingerprint density at radius 2 is 1.67 bits per heavy atom. The SMILES string of the molecule is CC(C)(C)OC(=O)N(C1CCN(Cc2ccc(C(=O)O)cc2)CC1)[C@@H]1C[C@H]1c1ccccc1. The lowest BCUT2D eigenvalue weighted by atomic mass is 10.0. The van der Waals surface area contributed by atoms with Crippen molar-refractivity contribution in [3.8, 4) is 0 Å². The van der Waals surface area contributed by atoms with E-state index in [1.807, 2.05) is 43.9 Å². The Labute approximate surface area is 196 Å². The Kier molecular flexibility index (Phi) is 6.75. The third-order valence-corrected chi connectivity index (χ3v) is 6.50. The number of ether oxygens (including phenoxy) is 1. The van der Waals surface area contributed by atoms with E-state index < -0.39 is 11.6 Å². The number of nitrogens with zero attached hydrogens (tertiary/aromatic N) is 2. The topological polar surface area (TPSA) is 70.1 Å². The van der Waals surface area contributed by atoms with Gasteiger partial charge in [-0.1, -0.05) is 42.5 Å². The minimum Gasteiger partial charge on any atom is -0.478 e. The zero-order valence-electron chi connectivity index (χ0n) is 19.7. The summed E-state index contributed by atoms with van der Waals surface area (Å²) >= 11 is 0. The van der Waals surface area contributed by atoms with Crippen LogP contribution in [-0.4, -0.2) is 57.7 Å². The van der Waals surface area contributed by atoms with E-state index in [-0.39, 0.29) is 18.2 Å². The van der Waals surface area contributed by atoms with Crippen LogP contribution in [0.1, 0.15) is 67.4 Å². The number of carbonyl (C=O) groups excluding carboxylic acids is 1. The van der Waals surface area contributed by atoms with Gasteiger partial charge in [-0.3, -0.25) is 4.90 Å².